The smallest absolute Gasteiger partial charge is 0.331 e. The summed E-state index contributed by atoms with van der Waals surface area (Å²) in [6.45, 7) is 3.44. The number of carbonyl (C=O) groups excluding carboxylic acids is 1. The number of aliphatic hydroxyl groups excluding tert-OH is 1. The Labute approximate surface area is 187 Å². The molecule has 3 heteroatoms. The fourth-order valence-corrected chi connectivity index (χ4v) is 4.53. The lowest BCUT2D eigenvalue weighted by Crippen LogP contribution is -2.07. The molecule has 0 aromatic heterocycles. The summed E-state index contributed by atoms with van der Waals surface area (Å²) >= 11 is 0. The third kappa shape index (κ3) is 3.33. The standard InChI is InChI=1S/C16H12O2.C13H10O/c1-2-15(17)18-16-13-9-5-3-7-11(13)12-8-4-6-10-14(12)16;14-13-11-7-3-1-5-9(11)10-6-2-4-8-12(10)13/h2-10,16H,1H2;1-8,13-14H. The van der Waals surface area contributed by atoms with Crippen LogP contribution in [0, 0.1) is 0 Å². The Morgan fingerprint density at radius 1 is 0.656 bits per heavy atom. The van der Waals surface area contributed by atoms with Crippen molar-refractivity contribution in [3.8, 4) is 22.3 Å². The first-order valence-electron chi connectivity index (χ1n) is 10.6. The molecular formula is C29H22O3. The summed E-state index contributed by atoms with van der Waals surface area (Å²) in [6, 6.07) is 32.0. The lowest BCUT2D eigenvalue weighted by molar-refractivity contribution is -0.141. The third-order valence-electron chi connectivity index (χ3n) is 5.98. The van der Waals surface area contributed by atoms with E-state index in [-0.39, 0.29) is 6.10 Å². The predicted molar refractivity (Wildman–Crippen MR) is 126 cm³/mol. The van der Waals surface area contributed by atoms with Gasteiger partial charge in [-0.1, -0.05) is 104 Å². The van der Waals surface area contributed by atoms with Gasteiger partial charge in [0.1, 0.15) is 6.10 Å². The van der Waals surface area contributed by atoms with Gasteiger partial charge in [0.05, 0.1) is 0 Å². The Bertz CT molecular complexity index is 1230. The number of hydrogen-bond acceptors (Lipinski definition) is 3. The second kappa shape index (κ2) is 8.29. The van der Waals surface area contributed by atoms with E-state index in [1.807, 2.05) is 72.8 Å². The van der Waals surface area contributed by atoms with Crippen LogP contribution in [-0.4, -0.2) is 11.1 Å². The molecule has 156 valence electrons. The normalized spacial score (nSPS) is 13.2. The van der Waals surface area contributed by atoms with Crippen molar-refractivity contribution < 1.29 is 14.6 Å². The second-order valence-electron chi connectivity index (χ2n) is 7.77. The zero-order valence-electron chi connectivity index (χ0n) is 17.4. The highest BCUT2D eigenvalue weighted by Gasteiger charge is 2.30. The van der Waals surface area contributed by atoms with Crippen molar-refractivity contribution in [2.45, 2.75) is 12.2 Å². The Morgan fingerprint density at radius 3 is 1.41 bits per heavy atom. The topological polar surface area (TPSA) is 46.5 Å². The predicted octanol–water partition coefficient (Wildman–Crippen LogP) is 6.23. The molecule has 0 spiro atoms. The summed E-state index contributed by atoms with van der Waals surface area (Å²) in [5, 5.41) is 10.0. The monoisotopic (exact) mass is 418 g/mol. The fourth-order valence-electron chi connectivity index (χ4n) is 4.53. The van der Waals surface area contributed by atoms with Crippen molar-refractivity contribution in [2.75, 3.05) is 0 Å². The Hall–Kier alpha value is -3.95. The largest absolute Gasteiger partial charge is 0.449 e. The van der Waals surface area contributed by atoms with Crippen molar-refractivity contribution in [3.05, 3.63) is 132 Å². The van der Waals surface area contributed by atoms with E-state index in [2.05, 4.69) is 30.8 Å². The Balaban J connectivity index is 0.000000139. The molecule has 0 bridgehead atoms. The summed E-state index contributed by atoms with van der Waals surface area (Å²) in [7, 11) is 0. The first-order chi connectivity index (χ1) is 15.7. The van der Waals surface area contributed by atoms with Crippen LogP contribution in [0.2, 0.25) is 0 Å². The molecule has 0 saturated carbocycles. The van der Waals surface area contributed by atoms with Crippen LogP contribution in [0.25, 0.3) is 22.3 Å². The van der Waals surface area contributed by atoms with Gasteiger partial charge in [0, 0.05) is 17.2 Å². The summed E-state index contributed by atoms with van der Waals surface area (Å²) in [6.07, 6.45) is 0.439. The number of carbonyl (C=O) groups is 1. The minimum Gasteiger partial charge on any atom is -0.449 e. The SMILES string of the molecule is C=CC(=O)OC1c2ccccc2-c2ccccc21.OC1c2ccccc2-c2ccccc21. The molecule has 4 aromatic rings. The van der Waals surface area contributed by atoms with Crippen molar-refractivity contribution in [2.24, 2.45) is 0 Å². The Kier molecular flexibility index (Phi) is 5.18. The average molecular weight is 418 g/mol. The van der Waals surface area contributed by atoms with Crippen LogP contribution in [-0.2, 0) is 9.53 Å². The van der Waals surface area contributed by atoms with Crippen LogP contribution in [0.15, 0.2) is 110 Å². The first kappa shape index (κ1) is 20.0. The zero-order chi connectivity index (χ0) is 22.1. The van der Waals surface area contributed by atoms with E-state index < -0.39 is 12.1 Å². The minimum atomic E-state index is -0.442. The van der Waals surface area contributed by atoms with Crippen molar-refractivity contribution in [1.82, 2.24) is 0 Å². The van der Waals surface area contributed by atoms with Crippen LogP contribution in [0.1, 0.15) is 34.5 Å². The van der Waals surface area contributed by atoms with Crippen molar-refractivity contribution >= 4 is 5.97 Å². The molecule has 4 aromatic carbocycles. The highest BCUT2D eigenvalue weighted by atomic mass is 16.5. The van der Waals surface area contributed by atoms with Gasteiger partial charge in [0.2, 0.25) is 0 Å². The van der Waals surface area contributed by atoms with E-state index in [1.165, 1.54) is 6.08 Å². The second-order valence-corrected chi connectivity index (χ2v) is 7.77. The number of esters is 1. The summed E-state index contributed by atoms with van der Waals surface area (Å²) < 4.78 is 5.46. The lowest BCUT2D eigenvalue weighted by atomic mass is 10.1. The molecule has 0 heterocycles. The first-order valence-corrected chi connectivity index (χ1v) is 10.6. The summed E-state index contributed by atoms with van der Waals surface area (Å²) in [5.41, 5.74) is 8.71. The molecule has 2 aliphatic carbocycles. The molecule has 32 heavy (non-hydrogen) atoms. The molecule has 3 nitrogen and oxygen atoms in total. The number of hydrogen-bond donors (Lipinski definition) is 1. The van der Waals surface area contributed by atoms with E-state index in [4.69, 9.17) is 4.74 Å². The van der Waals surface area contributed by atoms with Gasteiger partial charge in [0.15, 0.2) is 6.10 Å². The summed E-state index contributed by atoms with van der Waals surface area (Å²) in [4.78, 5) is 11.4. The maximum atomic E-state index is 11.4. The molecule has 0 saturated heterocycles. The summed E-state index contributed by atoms with van der Waals surface area (Å²) in [5.74, 6) is -0.397. The van der Waals surface area contributed by atoms with Gasteiger partial charge in [0.25, 0.3) is 0 Å². The lowest BCUT2D eigenvalue weighted by Gasteiger charge is -2.13. The molecular weight excluding hydrogens is 396 g/mol. The third-order valence-corrected chi connectivity index (χ3v) is 5.98. The van der Waals surface area contributed by atoms with Gasteiger partial charge in [-0.3, -0.25) is 0 Å². The average Bonchev–Trinajstić information content (AvgIpc) is 3.33. The number of rotatable bonds is 2. The molecule has 0 aliphatic heterocycles. The van der Waals surface area contributed by atoms with Crippen LogP contribution in [0.5, 0.6) is 0 Å². The van der Waals surface area contributed by atoms with Crippen molar-refractivity contribution in [1.29, 1.82) is 0 Å². The molecule has 6 rings (SSSR count). The molecule has 0 radical (unpaired) electrons. The van der Waals surface area contributed by atoms with Gasteiger partial charge >= 0.3 is 5.97 Å². The van der Waals surface area contributed by atoms with E-state index in [0.29, 0.717) is 0 Å². The van der Waals surface area contributed by atoms with E-state index in [1.54, 1.807) is 0 Å². The van der Waals surface area contributed by atoms with Crippen LogP contribution >= 0.6 is 0 Å². The number of ether oxygens (including phenoxy) is 1. The minimum absolute atomic E-state index is 0.317. The molecule has 1 N–H and O–H groups in total. The number of fused-ring (bicyclic) bond motifs is 6. The zero-order valence-corrected chi connectivity index (χ0v) is 17.4. The van der Waals surface area contributed by atoms with E-state index in [0.717, 1.165) is 44.5 Å². The Morgan fingerprint density at radius 2 is 1.00 bits per heavy atom. The van der Waals surface area contributed by atoms with Crippen LogP contribution in [0.3, 0.4) is 0 Å². The number of aliphatic hydroxyl groups is 1. The van der Waals surface area contributed by atoms with Crippen molar-refractivity contribution in [3.63, 3.8) is 0 Å². The highest BCUT2D eigenvalue weighted by molar-refractivity contribution is 5.84. The quantitative estimate of drug-likeness (QED) is 0.310. The van der Waals surface area contributed by atoms with E-state index >= 15 is 0 Å². The van der Waals surface area contributed by atoms with Gasteiger partial charge in [-0.05, 0) is 33.4 Å². The molecule has 0 unspecified atom stereocenters. The fraction of sp³-hybridized carbons (Fsp3) is 0.0690. The molecule has 0 atom stereocenters. The van der Waals surface area contributed by atoms with Crippen LogP contribution < -0.4 is 0 Å². The van der Waals surface area contributed by atoms with E-state index in [9.17, 15) is 9.90 Å². The van der Waals surface area contributed by atoms with Gasteiger partial charge in [-0.2, -0.15) is 0 Å². The van der Waals surface area contributed by atoms with Gasteiger partial charge in [-0.25, -0.2) is 4.79 Å². The number of benzene rings is 4. The van der Waals surface area contributed by atoms with Gasteiger partial charge in [-0.15, -0.1) is 0 Å². The molecule has 2 aliphatic rings. The van der Waals surface area contributed by atoms with Crippen LogP contribution in [0.4, 0.5) is 0 Å². The molecule has 0 amide bonds. The van der Waals surface area contributed by atoms with Gasteiger partial charge < -0.3 is 9.84 Å². The maximum Gasteiger partial charge on any atom is 0.331 e. The highest BCUT2D eigenvalue weighted by Crippen LogP contribution is 2.45. The maximum absolute atomic E-state index is 11.4. The molecule has 0 fully saturated rings.